The zero-order valence-corrected chi connectivity index (χ0v) is 8.25. The van der Waals surface area contributed by atoms with Crippen molar-refractivity contribution >= 4 is 39.2 Å². The Balaban J connectivity index is 2.83. The van der Waals surface area contributed by atoms with Gasteiger partial charge in [0, 0.05) is 22.9 Å². The molecule has 0 radical (unpaired) electrons. The van der Waals surface area contributed by atoms with Gasteiger partial charge in [-0.2, -0.15) is 12.7 Å². The second-order valence-corrected chi connectivity index (χ2v) is 4.64. The van der Waals surface area contributed by atoms with Crippen LogP contribution < -0.4 is 2.94 Å². The van der Waals surface area contributed by atoms with Crippen LogP contribution in [0, 0.1) is 0 Å². The predicted molar refractivity (Wildman–Crippen MR) is 44.1 cm³/mol. The molecule has 64 valence electrons. The van der Waals surface area contributed by atoms with Gasteiger partial charge in [-0.1, -0.05) is 0 Å². The highest BCUT2D eigenvalue weighted by molar-refractivity contribution is 14.1. The molecule has 0 spiro atoms. The molecule has 1 aliphatic rings. The third-order valence-corrected chi connectivity index (χ3v) is 3.89. The monoisotopic (exact) mass is 292 g/mol. The van der Waals surface area contributed by atoms with Crippen LogP contribution in [0.5, 0.6) is 0 Å². The summed E-state index contributed by atoms with van der Waals surface area (Å²) in [6.45, 7) is 0.202. The van der Waals surface area contributed by atoms with E-state index in [4.69, 9.17) is 0 Å². The molecular formula is C3H5IN2O4S. The molecule has 1 heterocycles. The van der Waals surface area contributed by atoms with E-state index in [0.29, 0.717) is 4.31 Å². The van der Waals surface area contributed by atoms with Gasteiger partial charge in [0.15, 0.2) is 0 Å². The van der Waals surface area contributed by atoms with E-state index in [9.17, 15) is 13.2 Å². The van der Waals surface area contributed by atoms with Gasteiger partial charge in [0.05, 0.1) is 6.54 Å². The van der Waals surface area contributed by atoms with Crippen LogP contribution in [-0.4, -0.2) is 32.0 Å². The molecule has 0 aromatic rings. The van der Waals surface area contributed by atoms with Crippen LogP contribution in [0.4, 0.5) is 4.79 Å². The maximum Gasteiger partial charge on any atom is 0.424 e. The highest BCUT2D eigenvalue weighted by Crippen LogP contribution is 2.08. The fourth-order valence-corrected chi connectivity index (χ4v) is 2.00. The molecule has 1 N–H and O–H groups in total. The lowest BCUT2D eigenvalue weighted by Gasteiger charge is -2.09. The van der Waals surface area contributed by atoms with E-state index in [1.807, 2.05) is 2.94 Å². The second kappa shape index (κ2) is 3.11. The topological polar surface area (TPSA) is 75.7 Å². The number of carbonyl (C=O) groups excluding carboxylic acids is 1. The summed E-state index contributed by atoms with van der Waals surface area (Å²) in [5, 5.41) is 0. The van der Waals surface area contributed by atoms with Crippen LogP contribution in [-0.2, 0) is 14.9 Å². The Hall–Kier alpha value is -0.0900. The summed E-state index contributed by atoms with van der Waals surface area (Å²) in [7, 11) is -3.65. The van der Waals surface area contributed by atoms with Crippen LogP contribution in [0.3, 0.4) is 0 Å². The predicted octanol–water partition coefficient (Wildman–Crippen LogP) is -0.377. The fourth-order valence-electron chi connectivity index (χ4n) is 0.639. The summed E-state index contributed by atoms with van der Waals surface area (Å²) in [4.78, 5) is 10.7. The Morgan fingerprint density at radius 3 is 2.64 bits per heavy atom. The average molecular weight is 292 g/mol. The molecule has 0 aromatic heterocycles. The molecule has 0 unspecified atom stereocenters. The molecule has 1 aliphatic heterocycles. The van der Waals surface area contributed by atoms with Crippen LogP contribution >= 0.6 is 22.9 Å². The van der Waals surface area contributed by atoms with Crippen LogP contribution in [0.15, 0.2) is 0 Å². The van der Waals surface area contributed by atoms with Crippen molar-refractivity contribution in [3.8, 4) is 0 Å². The van der Waals surface area contributed by atoms with Gasteiger partial charge in [-0.15, -0.1) is 2.94 Å². The first-order valence-corrected chi connectivity index (χ1v) is 5.16. The van der Waals surface area contributed by atoms with Crippen molar-refractivity contribution in [2.45, 2.75) is 0 Å². The van der Waals surface area contributed by atoms with Gasteiger partial charge in [0.1, 0.15) is 6.61 Å². The summed E-state index contributed by atoms with van der Waals surface area (Å²) in [6, 6.07) is 0. The standard InChI is InChI=1S/C3H5IN2O4S/c4-5-11(8,9)6-1-2-10-3(6)7/h5H,1-2H2. The molecule has 0 aromatic carbocycles. The Bertz CT molecular complexity index is 263. The largest absolute Gasteiger partial charge is 0.447 e. The molecule has 0 atom stereocenters. The molecule has 1 fully saturated rings. The SMILES string of the molecule is O=C1OCCN1S(=O)(=O)NI. The van der Waals surface area contributed by atoms with Gasteiger partial charge < -0.3 is 4.74 Å². The molecular weight excluding hydrogens is 287 g/mol. The van der Waals surface area contributed by atoms with Crippen molar-refractivity contribution in [3.63, 3.8) is 0 Å². The Labute approximate surface area is 77.6 Å². The molecule has 1 rings (SSSR count). The molecule has 0 aliphatic carbocycles. The van der Waals surface area contributed by atoms with E-state index in [1.54, 1.807) is 0 Å². The zero-order valence-electron chi connectivity index (χ0n) is 5.28. The van der Waals surface area contributed by atoms with E-state index >= 15 is 0 Å². The minimum Gasteiger partial charge on any atom is -0.447 e. The lowest BCUT2D eigenvalue weighted by Crippen LogP contribution is -2.37. The van der Waals surface area contributed by atoms with Crippen molar-refractivity contribution in [1.82, 2.24) is 7.24 Å². The average Bonchev–Trinajstić information content (AvgIpc) is 2.36. The summed E-state index contributed by atoms with van der Waals surface area (Å²) >= 11 is 1.44. The van der Waals surface area contributed by atoms with Crippen molar-refractivity contribution in [3.05, 3.63) is 0 Å². The van der Waals surface area contributed by atoms with Crippen LogP contribution in [0.2, 0.25) is 0 Å². The zero-order chi connectivity index (χ0) is 8.48. The first-order valence-electron chi connectivity index (χ1n) is 2.65. The molecule has 11 heavy (non-hydrogen) atoms. The van der Waals surface area contributed by atoms with E-state index in [0.717, 1.165) is 0 Å². The van der Waals surface area contributed by atoms with Crippen molar-refractivity contribution in [2.24, 2.45) is 0 Å². The number of cyclic esters (lactones) is 1. The van der Waals surface area contributed by atoms with Gasteiger partial charge in [-0.3, -0.25) is 0 Å². The summed E-state index contributed by atoms with van der Waals surface area (Å²) in [6.07, 6.45) is -0.825. The van der Waals surface area contributed by atoms with E-state index in [2.05, 4.69) is 4.74 Å². The van der Waals surface area contributed by atoms with E-state index in [-0.39, 0.29) is 13.2 Å². The van der Waals surface area contributed by atoms with Crippen molar-refractivity contribution in [1.29, 1.82) is 0 Å². The van der Waals surface area contributed by atoms with Gasteiger partial charge in [-0.05, 0) is 0 Å². The molecule has 6 nitrogen and oxygen atoms in total. The van der Waals surface area contributed by atoms with Gasteiger partial charge >= 0.3 is 16.3 Å². The number of nitrogens with one attached hydrogen (secondary N) is 1. The summed E-state index contributed by atoms with van der Waals surface area (Å²) in [5.74, 6) is 0. The number of nitrogens with zero attached hydrogens (tertiary/aromatic N) is 1. The number of rotatable bonds is 2. The first-order chi connectivity index (χ1) is 5.08. The maximum atomic E-state index is 10.9. The lowest BCUT2D eigenvalue weighted by molar-refractivity contribution is 0.170. The molecule has 8 heteroatoms. The summed E-state index contributed by atoms with van der Waals surface area (Å²) < 4.78 is 28.9. The number of hydrogen-bond acceptors (Lipinski definition) is 4. The highest BCUT2D eigenvalue weighted by Gasteiger charge is 2.32. The number of hydrogen-bond donors (Lipinski definition) is 1. The normalized spacial score (nSPS) is 18.6. The molecule has 1 saturated heterocycles. The quantitative estimate of drug-likeness (QED) is 0.556. The Morgan fingerprint density at radius 2 is 2.27 bits per heavy atom. The maximum absolute atomic E-state index is 10.9. The number of amides is 1. The fraction of sp³-hybridized carbons (Fsp3) is 0.667. The third kappa shape index (κ3) is 1.73. The van der Waals surface area contributed by atoms with Gasteiger partial charge in [0.2, 0.25) is 0 Å². The van der Waals surface area contributed by atoms with Gasteiger partial charge in [-0.25, -0.2) is 4.79 Å². The summed E-state index contributed by atoms with van der Waals surface area (Å²) in [5.41, 5.74) is 0. The number of ether oxygens (including phenoxy) is 1. The first kappa shape index (κ1) is 9.00. The third-order valence-electron chi connectivity index (χ3n) is 1.11. The minimum absolute atomic E-state index is 0.0805. The Morgan fingerprint density at radius 1 is 1.64 bits per heavy atom. The lowest BCUT2D eigenvalue weighted by atomic mass is 10.7. The van der Waals surface area contributed by atoms with Crippen LogP contribution in [0.1, 0.15) is 0 Å². The molecule has 0 saturated carbocycles. The smallest absolute Gasteiger partial charge is 0.424 e. The number of halogens is 1. The minimum atomic E-state index is -3.65. The van der Waals surface area contributed by atoms with E-state index in [1.165, 1.54) is 22.9 Å². The Kier molecular flexibility index (Phi) is 2.54. The molecule has 0 bridgehead atoms. The van der Waals surface area contributed by atoms with Crippen molar-refractivity contribution < 1.29 is 17.9 Å². The highest BCUT2D eigenvalue weighted by atomic mass is 127. The van der Waals surface area contributed by atoms with E-state index < -0.39 is 16.3 Å². The van der Waals surface area contributed by atoms with Gasteiger partial charge in [0.25, 0.3) is 0 Å². The number of carbonyl (C=O) groups is 1. The second-order valence-electron chi connectivity index (χ2n) is 1.77. The van der Waals surface area contributed by atoms with Crippen molar-refractivity contribution in [2.75, 3.05) is 13.2 Å². The van der Waals surface area contributed by atoms with Crippen LogP contribution in [0.25, 0.3) is 0 Å². The molecule has 1 amide bonds.